The molecule has 2 nitrogen and oxygen atoms in total. The lowest BCUT2D eigenvalue weighted by atomic mass is 10.2. The fraction of sp³-hybridized carbons (Fsp3) is 0.267. The first kappa shape index (κ1) is 14.5. The van der Waals surface area contributed by atoms with Crippen molar-refractivity contribution in [2.75, 3.05) is 18.5 Å². The summed E-state index contributed by atoms with van der Waals surface area (Å²) in [6, 6.07) is 12.5. The summed E-state index contributed by atoms with van der Waals surface area (Å²) in [5.74, 6) is 0. The van der Waals surface area contributed by atoms with Gasteiger partial charge in [0, 0.05) is 41.7 Å². The summed E-state index contributed by atoms with van der Waals surface area (Å²) in [7, 11) is 2.11. The second kappa shape index (κ2) is 7.06. The Morgan fingerprint density at radius 2 is 2.05 bits per heavy atom. The number of benzene rings is 1. The second-order valence-electron chi connectivity index (χ2n) is 4.41. The van der Waals surface area contributed by atoms with E-state index in [1.165, 1.54) is 11.3 Å². The largest absolute Gasteiger partial charge is 0.373 e. The zero-order chi connectivity index (χ0) is 13.7. The van der Waals surface area contributed by atoms with Gasteiger partial charge in [-0.3, -0.25) is 4.98 Å². The molecule has 1 aromatic heterocycles. The molecule has 0 aliphatic rings. The maximum atomic E-state index is 4.35. The van der Waals surface area contributed by atoms with Gasteiger partial charge in [0.05, 0.1) is 5.69 Å². The molecular formula is C15H16Br2N2. The van der Waals surface area contributed by atoms with Gasteiger partial charge in [0.15, 0.2) is 0 Å². The zero-order valence-corrected chi connectivity index (χ0v) is 14.0. The molecule has 2 rings (SSSR count). The average Bonchev–Trinajstić information content (AvgIpc) is 2.45. The number of halogens is 2. The van der Waals surface area contributed by atoms with Crippen molar-refractivity contribution in [3.05, 3.63) is 58.3 Å². The van der Waals surface area contributed by atoms with Crippen LogP contribution in [0.1, 0.15) is 11.3 Å². The van der Waals surface area contributed by atoms with Crippen molar-refractivity contribution in [2.24, 2.45) is 0 Å². The molecule has 0 aliphatic heterocycles. The Morgan fingerprint density at radius 1 is 1.21 bits per heavy atom. The lowest BCUT2D eigenvalue weighted by Gasteiger charge is -2.21. The minimum atomic E-state index is 0.879. The van der Waals surface area contributed by atoms with E-state index >= 15 is 0 Å². The van der Waals surface area contributed by atoms with Gasteiger partial charge in [-0.15, -0.1) is 0 Å². The molecule has 2 aromatic rings. The van der Waals surface area contributed by atoms with Crippen LogP contribution in [0.3, 0.4) is 0 Å². The van der Waals surface area contributed by atoms with Gasteiger partial charge in [-0.2, -0.15) is 0 Å². The number of pyridine rings is 1. The summed E-state index contributed by atoms with van der Waals surface area (Å²) in [6.45, 7) is 0.948. The van der Waals surface area contributed by atoms with E-state index in [1.54, 1.807) is 0 Å². The number of rotatable bonds is 5. The van der Waals surface area contributed by atoms with Crippen LogP contribution >= 0.6 is 31.9 Å². The molecule has 0 fully saturated rings. The standard InChI is InChI=1S/C15H16Br2N2/c1-19(9-7-13-4-2-3-8-18-13)15-6-5-12(11-16)10-14(15)17/h2-6,8,10H,7,9,11H2,1H3. The molecule has 19 heavy (non-hydrogen) atoms. The van der Waals surface area contributed by atoms with E-state index in [0.717, 1.165) is 28.5 Å². The van der Waals surface area contributed by atoms with Crippen molar-refractivity contribution in [1.82, 2.24) is 4.98 Å². The average molecular weight is 384 g/mol. The van der Waals surface area contributed by atoms with Crippen LogP contribution < -0.4 is 4.90 Å². The Morgan fingerprint density at radius 3 is 2.68 bits per heavy atom. The predicted octanol–water partition coefficient (Wildman–Crippen LogP) is 4.42. The molecule has 0 saturated heterocycles. The third-order valence-corrected chi connectivity index (χ3v) is 4.29. The normalized spacial score (nSPS) is 10.5. The molecule has 100 valence electrons. The van der Waals surface area contributed by atoms with Crippen LogP contribution in [0.4, 0.5) is 5.69 Å². The van der Waals surface area contributed by atoms with Gasteiger partial charge in [-0.25, -0.2) is 0 Å². The molecule has 0 radical (unpaired) electrons. The summed E-state index contributed by atoms with van der Waals surface area (Å²) in [6.07, 6.45) is 2.79. The van der Waals surface area contributed by atoms with Crippen LogP contribution in [0.25, 0.3) is 0 Å². The minimum absolute atomic E-state index is 0.879. The third kappa shape index (κ3) is 4.05. The number of hydrogen-bond acceptors (Lipinski definition) is 2. The summed E-state index contributed by atoms with van der Waals surface area (Å²) < 4.78 is 1.13. The van der Waals surface area contributed by atoms with Crippen molar-refractivity contribution >= 4 is 37.5 Å². The van der Waals surface area contributed by atoms with Gasteiger partial charge in [-0.05, 0) is 45.8 Å². The Labute approximate surface area is 131 Å². The van der Waals surface area contributed by atoms with Crippen molar-refractivity contribution in [2.45, 2.75) is 11.8 Å². The Kier molecular flexibility index (Phi) is 5.40. The highest BCUT2D eigenvalue weighted by molar-refractivity contribution is 9.10. The van der Waals surface area contributed by atoms with Gasteiger partial charge in [-0.1, -0.05) is 28.1 Å². The quantitative estimate of drug-likeness (QED) is 0.710. The van der Waals surface area contributed by atoms with Crippen LogP contribution in [0, 0.1) is 0 Å². The fourth-order valence-electron chi connectivity index (χ4n) is 1.89. The molecule has 0 saturated carbocycles. The van der Waals surface area contributed by atoms with Crippen molar-refractivity contribution in [3.63, 3.8) is 0 Å². The topological polar surface area (TPSA) is 16.1 Å². The van der Waals surface area contributed by atoms with E-state index in [9.17, 15) is 0 Å². The highest BCUT2D eigenvalue weighted by Gasteiger charge is 2.07. The minimum Gasteiger partial charge on any atom is -0.373 e. The van der Waals surface area contributed by atoms with E-state index < -0.39 is 0 Å². The highest BCUT2D eigenvalue weighted by Crippen LogP contribution is 2.27. The first-order chi connectivity index (χ1) is 9.20. The SMILES string of the molecule is CN(CCc1ccccn1)c1ccc(CBr)cc1Br. The maximum Gasteiger partial charge on any atom is 0.0508 e. The third-order valence-electron chi connectivity index (χ3n) is 3.01. The molecule has 1 heterocycles. The molecule has 0 spiro atoms. The summed E-state index contributed by atoms with van der Waals surface area (Å²) >= 11 is 7.11. The van der Waals surface area contributed by atoms with Crippen molar-refractivity contribution in [1.29, 1.82) is 0 Å². The Hall–Kier alpha value is -0.870. The summed E-state index contributed by atoms with van der Waals surface area (Å²) in [5, 5.41) is 0.879. The number of nitrogens with zero attached hydrogens (tertiary/aromatic N) is 2. The van der Waals surface area contributed by atoms with Crippen molar-refractivity contribution in [3.8, 4) is 0 Å². The van der Waals surface area contributed by atoms with Crippen LogP contribution in [0.2, 0.25) is 0 Å². The Balaban J connectivity index is 2.02. The smallest absolute Gasteiger partial charge is 0.0508 e. The van der Waals surface area contributed by atoms with Crippen LogP contribution in [-0.2, 0) is 11.8 Å². The number of alkyl halides is 1. The van der Waals surface area contributed by atoms with Gasteiger partial charge < -0.3 is 4.90 Å². The van der Waals surface area contributed by atoms with Gasteiger partial charge in [0.1, 0.15) is 0 Å². The Bertz CT molecular complexity index is 529. The fourth-order valence-corrected chi connectivity index (χ4v) is 2.97. The highest BCUT2D eigenvalue weighted by atomic mass is 79.9. The number of anilines is 1. The van der Waals surface area contributed by atoms with E-state index in [1.807, 2.05) is 18.3 Å². The maximum absolute atomic E-state index is 4.35. The van der Waals surface area contributed by atoms with Crippen LogP contribution in [0.15, 0.2) is 47.1 Å². The van der Waals surface area contributed by atoms with Gasteiger partial charge in [0.25, 0.3) is 0 Å². The second-order valence-corrected chi connectivity index (χ2v) is 5.83. The lowest BCUT2D eigenvalue weighted by Crippen LogP contribution is -2.21. The zero-order valence-electron chi connectivity index (χ0n) is 10.8. The summed E-state index contributed by atoms with van der Waals surface area (Å²) in [4.78, 5) is 6.60. The molecular weight excluding hydrogens is 368 g/mol. The number of likely N-dealkylation sites (N-methyl/N-ethyl adjacent to an activating group) is 1. The van der Waals surface area contributed by atoms with Gasteiger partial charge >= 0.3 is 0 Å². The molecule has 0 atom stereocenters. The molecule has 0 unspecified atom stereocenters. The van der Waals surface area contributed by atoms with E-state index in [-0.39, 0.29) is 0 Å². The van der Waals surface area contributed by atoms with Crippen LogP contribution in [-0.4, -0.2) is 18.6 Å². The van der Waals surface area contributed by atoms with Gasteiger partial charge in [0.2, 0.25) is 0 Å². The van der Waals surface area contributed by atoms with E-state index in [0.29, 0.717) is 0 Å². The first-order valence-electron chi connectivity index (χ1n) is 6.16. The molecule has 0 N–H and O–H groups in total. The van der Waals surface area contributed by atoms with Crippen LogP contribution in [0.5, 0.6) is 0 Å². The lowest BCUT2D eigenvalue weighted by molar-refractivity contribution is 0.850. The molecule has 0 aliphatic carbocycles. The molecule has 4 heteroatoms. The molecule has 0 bridgehead atoms. The summed E-state index contributed by atoms with van der Waals surface area (Å²) in [5.41, 5.74) is 3.61. The molecule has 0 amide bonds. The monoisotopic (exact) mass is 382 g/mol. The van der Waals surface area contributed by atoms with Crippen molar-refractivity contribution < 1.29 is 0 Å². The van der Waals surface area contributed by atoms with E-state index in [4.69, 9.17) is 0 Å². The first-order valence-corrected chi connectivity index (χ1v) is 8.07. The van der Waals surface area contributed by atoms with E-state index in [2.05, 4.69) is 73.1 Å². The predicted molar refractivity (Wildman–Crippen MR) is 88.0 cm³/mol. The molecule has 1 aromatic carbocycles. The number of aromatic nitrogens is 1. The number of hydrogen-bond donors (Lipinski definition) is 0.